The van der Waals surface area contributed by atoms with Crippen LogP contribution in [0.2, 0.25) is 0 Å². The largest absolute Gasteiger partial charge is 0.480 e. The molecule has 0 radical (unpaired) electrons. The molecule has 1 fully saturated rings. The van der Waals surface area contributed by atoms with Crippen molar-refractivity contribution in [1.29, 1.82) is 0 Å². The fraction of sp³-hybridized carbons (Fsp3) is 0.818. The van der Waals surface area contributed by atoms with E-state index in [4.69, 9.17) is 5.11 Å². The Kier molecular flexibility index (Phi) is 3.07. The Hall–Kier alpha value is -1.06. The maximum absolute atomic E-state index is 11.5. The Morgan fingerprint density at radius 2 is 1.80 bits per heavy atom. The van der Waals surface area contributed by atoms with Crippen LogP contribution in [-0.2, 0) is 9.59 Å². The van der Waals surface area contributed by atoms with E-state index in [0.717, 1.165) is 6.42 Å². The van der Waals surface area contributed by atoms with Gasteiger partial charge in [0.05, 0.1) is 0 Å². The number of hydrogen-bond donors (Lipinski definition) is 1. The van der Waals surface area contributed by atoms with Gasteiger partial charge in [-0.1, -0.05) is 20.8 Å². The van der Waals surface area contributed by atoms with Crippen molar-refractivity contribution < 1.29 is 14.7 Å². The second-order valence-corrected chi connectivity index (χ2v) is 5.24. The van der Waals surface area contributed by atoms with Gasteiger partial charge in [0.25, 0.3) is 0 Å². The highest BCUT2D eigenvalue weighted by Crippen LogP contribution is 2.36. The van der Waals surface area contributed by atoms with E-state index in [-0.39, 0.29) is 17.4 Å². The normalized spacial score (nSPS) is 26.8. The number of carboxylic acids is 1. The van der Waals surface area contributed by atoms with Gasteiger partial charge in [0.2, 0.25) is 5.91 Å². The fourth-order valence-electron chi connectivity index (χ4n) is 2.34. The molecule has 4 heteroatoms. The number of hydrogen-bond acceptors (Lipinski definition) is 2. The molecule has 15 heavy (non-hydrogen) atoms. The van der Waals surface area contributed by atoms with Crippen LogP contribution in [0.5, 0.6) is 0 Å². The highest BCUT2D eigenvalue weighted by Gasteiger charge is 2.44. The molecular weight excluding hydrogens is 194 g/mol. The Labute approximate surface area is 90.3 Å². The fourth-order valence-corrected chi connectivity index (χ4v) is 2.34. The lowest BCUT2D eigenvalue weighted by molar-refractivity contribution is -0.150. The van der Waals surface area contributed by atoms with Gasteiger partial charge in [-0.3, -0.25) is 4.79 Å². The monoisotopic (exact) mass is 213 g/mol. The third kappa shape index (κ3) is 2.30. The SMILES string of the molecule is CC(=O)N1C(C(C)(C)C)CC[C@H]1C(=O)O. The summed E-state index contributed by atoms with van der Waals surface area (Å²) in [6.45, 7) is 7.56. The number of carbonyl (C=O) groups excluding carboxylic acids is 1. The molecule has 2 atom stereocenters. The Bertz CT molecular complexity index is 280. The van der Waals surface area contributed by atoms with Gasteiger partial charge in [0, 0.05) is 13.0 Å². The summed E-state index contributed by atoms with van der Waals surface area (Å²) in [4.78, 5) is 24.0. The van der Waals surface area contributed by atoms with Gasteiger partial charge in [-0.25, -0.2) is 4.79 Å². The first-order valence-electron chi connectivity index (χ1n) is 5.27. The molecule has 4 nitrogen and oxygen atoms in total. The molecule has 0 aliphatic carbocycles. The van der Waals surface area contributed by atoms with Crippen LogP contribution in [-0.4, -0.2) is 34.0 Å². The number of amides is 1. The van der Waals surface area contributed by atoms with E-state index in [1.807, 2.05) is 20.8 Å². The van der Waals surface area contributed by atoms with Crippen LogP contribution in [0.3, 0.4) is 0 Å². The first-order valence-corrected chi connectivity index (χ1v) is 5.27. The van der Waals surface area contributed by atoms with Crippen molar-refractivity contribution >= 4 is 11.9 Å². The summed E-state index contributed by atoms with van der Waals surface area (Å²) in [5, 5.41) is 9.02. The van der Waals surface area contributed by atoms with Crippen LogP contribution in [0.1, 0.15) is 40.5 Å². The topological polar surface area (TPSA) is 57.6 Å². The Morgan fingerprint density at radius 1 is 1.27 bits per heavy atom. The van der Waals surface area contributed by atoms with Crippen LogP contribution in [0.4, 0.5) is 0 Å². The van der Waals surface area contributed by atoms with Crippen LogP contribution >= 0.6 is 0 Å². The first-order chi connectivity index (χ1) is 6.75. The zero-order valence-electron chi connectivity index (χ0n) is 9.78. The van der Waals surface area contributed by atoms with Crippen LogP contribution < -0.4 is 0 Å². The summed E-state index contributed by atoms with van der Waals surface area (Å²) in [6, 6.07) is -0.595. The van der Waals surface area contributed by atoms with Crippen molar-refractivity contribution in [1.82, 2.24) is 4.90 Å². The number of nitrogens with zero attached hydrogens (tertiary/aromatic N) is 1. The summed E-state index contributed by atoms with van der Waals surface area (Å²) >= 11 is 0. The van der Waals surface area contributed by atoms with Gasteiger partial charge >= 0.3 is 5.97 Å². The molecule has 1 rings (SSSR count). The summed E-state index contributed by atoms with van der Waals surface area (Å²) in [6.07, 6.45) is 1.34. The Morgan fingerprint density at radius 3 is 2.13 bits per heavy atom. The minimum Gasteiger partial charge on any atom is -0.480 e. The molecule has 1 heterocycles. The lowest BCUT2D eigenvalue weighted by atomic mass is 9.85. The maximum Gasteiger partial charge on any atom is 0.326 e. The molecule has 0 aromatic rings. The lowest BCUT2D eigenvalue weighted by Gasteiger charge is -2.36. The van der Waals surface area contributed by atoms with Crippen LogP contribution in [0.15, 0.2) is 0 Å². The molecular formula is C11H19NO3. The van der Waals surface area contributed by atoms with Gasteiger partial charge in [-0.05, 0) is 18.3 Å². The second-order valence-electron chi connectivity index (χ2n) is 5.24. The standard InChI is InChI=1S/C11H19NO3/c1-7(13)12-8(10(14)15)5-6-9(12)11(2,3)4/h8-9H,5-6H2,1-4H3,(H,14,15)/t8-,9?/m0/s1. The summed E-state index contributed by atoms with van der Waals surface area (Å²) < 4.78 is 0. The summed E-state index contributed by atoms with van der Waals surface area (Å²) in [5.41, 5.74) is -0.0597. The first kappa shape index (κ1) is 12.0. The van der Waals surface area contributed by atoms with E-state index in [1.54, 1.807) is 0 Å². The highest BCUT2D eigenvalue weighted by atomic mass is 16.4. The molecule has 0 saturated carbocycles. The molecule has 1 aliphatic rings. The molecule has 0 spiro atoms. The molecule has 1 amide bonds. The molecule has 0 bridgehead atoms. The third-order valence-corrected chi connectivity index (χ3v) is 3.03. The molecule has 0 aromatic carbocycles. The van der Waals surface area contributed by atoms with Gasteiger partial charge in [0.15, 0.2) is 0 Å². The number of aliphatic carboxylic acids is 1. The van der Waals surface area contributed by atoms with Crippen molar-refractivity contribution in [3.05, 3.63) is 0 Å². The molecule has 1 N–H and O–H groups in total. The maximum atomic E-state index is 11.5. The molecule has 1 unspecified atom stereocenters. The van der Waals surface area contributed by atoms with E-state index < -0.39 is 12.0 Å². The number of likely N-dealkylation sites (tertiary alicyclic amines) is 1. The number of carbonyl (C=O) groups is 2. The number of rotatable bonds is 1. The van der Waals surface area contributed by atoms with Gasteiger partial charge in [-0.2, -0.15) is 0 Å². The zero-order valence-corrected chi connectivity index (χ0v) is 9.78. The van der Waals surface area contributed by atoms with E-state index in [0.29, 0.717) is 6.42 Å². The van der Waals surface area contributed by atoms with Crippen LogP contribution in [0, 0.1) is 5.41 Å². The quantitative estimate of drug-likeness (QED) is 0.718. The minimum atomic E-state index is -0.892. The third-order valence-electron chi connectivity index (χ3n) is 3.03. The number of carboxylic acid groups (broad SMARTS) is 1. The van der Waals surface area contributed by atoms with E-state index >= 15 is 0 Å². The molecule has 1 aliphatic heterocycles. The molecule has 0 aromatic heterocycles. The van der Waals surface area contributed by atoms with Crippen molar-refractivity contribution in [3.63, 3.8) is 0 Å². The average Bonchev–Trinajstić information content (AvgIpc) is 2.45. The van der Waals surface area contributed by atoms with Crippen LogP contribution in [0.25, 0.3) is 0 Å². The van der Waals surface area contributed by atoms with Gasteiger partial charge in [-0.15, -0.1) is 0 Å². The molecule has 86 valence electrons. The van der Waals surface area contributed by atoms with Crippen molar-refractivity contribution in [3.8, 4) is 0 Å². The predicted octanol–water partition coefficient (Wildman–Crippen LogP) is 1.50. The summed E-state index contributed by atoms with van der Waals surface area (Å²) in [7, 11) is 0. The van der Waals surface area contributed by atoms with E-state index in [1.165, 1.54) is 11.8 Å². The summed E-state index contributed by atoms with van der Waals surface area (Å²) in [5.74, 6) is -1.03. The second kappa shape index (κ2) is 3.83. The van der Waals surface area contributed by atoms with Gasteiger partial charge in [0.1, 0.15) is 6.04 Å². The van der Waals surface area contributed by atoms with E-state index in [9.17, 15) is 9.59 Å². The highest BCUT2D eigenvalue weighted by molar-refractivity contribution is 5.83. The smallest absolute Gasteiger partial charge is 0.326 e. The van der Waals surface area contributed by atoms with Crippen molar-refractivity contribution in [2.24, 2.45) is 5.41 Å². The Balaban J connectivity index is 2.95. The van der Waals surface area contributed by atoms with Crippen molar-refractivity contribution in [2.45, 2.75) is 52.6 Å². The predicted molar refractivity (Wildman–Crippen MR) is 56.4 cm³/mol. The lowest BCUT2D eigenvalue weighted by Crippen LogP contribution is -2.48. The van der Waals surface area contributed by atoms with Gasteiger partial charge < -0.3 is 10.0 Å². The van der Waals surface area contributed by atoms with Crippen molar-refractivity contribution in [2.75, 3.05) is 0 Å². The molecule has 1 saturated heterocycles. The van der Waals surface area contributed by atoms with E-state index in [2.05, 4.69) is 0 Å². The zero-order chi connectivity index (χ0) is 11.8. The average molecular weight is 213 g/mol. The minimum absolute atomic E-state index is 0.0381.